The van der Waals surface area contributed by atoms with Gasteiger partial charge in [-0.3, -0.25) is 14.9 Å². The fourth-order valence-electron chi connectivity index (χ4n) is 2.90. The van der Waals surface area contributed by atoms with Gasteiger partial charge in [0.15, 0.2) is 0 Å². The average Bonchev–Trinajstić information content (AvgIpc) is 3.11. The van der Waals surface area contributed by atoms with Gasteiger partial charge in [0.05, 0.1) is 0 Å². The molecule has 1 saturated heterocycles. The molecule has 0 radical (unpaired) electrons. The summed E-state index contributed by atoms with van der Waals surface area (Å²) in [6.07, 6.45) is 8.64. The van der Waals surface area contributed by atoms with Crippen molar-refractivity contribution in [1.82, 2.24) is 20.5 Å². The van der Waals surface area contributed by atoms with Crippen LogP contribution in [0.3, 0.4) is 0 Å². The summed E-state index contributed by atoms with van der Waals surface area (Å²) < 4.78 is 0. The second-order valence-corrected chi connectivity index (χ2v) is 5.65. The molecule has 22 heavy (non-hydrogen) atoms. The standard InChI is InChI=1S/C16H21N5O/c22-16(15-4-10-19-20-15)18-9-1-13-5-11-21(12-6-13)14-2-7-17-8-3-14/h2-4,7-8,10,13H,1,5-6,9,11-12H2,(H,18,22)(H,19,20). The lowest BCUT2D eigenvalue weighted by Gasteiger charge is -2.33. The van der Waals surface area contributed by atoms with Crippen LogP contribution < -0.4 is 10.2 Å². The predicted molar refractivity (Wildman–Crippen MR) is 84.7 cm³/mol. The highest BCUT2D eigenvalue weighted by Gasteiger charge is 2.19. The van der Waals surface area contributed by atoms with Crippen molar-refractivity contribution in [3.8, 4) is 0 Å². The van der Waals surface area contributed by atoms with Gasteiger partial charge >= 0.3 is 0 Å². The van der Waals surface area contributed by atoms with Crippen LogP contribution in [0.15, 0.2) is 36.8 Å². The number of hydrogen-bond acceptors (Lipinski definition) is 4. The number of aromatic nitrogens is 3. The van der Waals surface area contributed by atoms with Crippen molar-refractivity contribution in [3.05, 3.63) is 42.5 Å². The number of amides is 1. The zero-order chi connectivity index (χ0) is 15.2. The van der Waals surface area contributed by atoms with E-state index in [0.717, 1.165) is 26.1 Å². The summed E-state index contributed by atoms with van der Waals surface area (Å²) in [6, 6.07) is 5.80. The summed E-state index contributed by atoms with van der Waals surface area (Å²) >= 11 is 0. The quantitative estimate of drug-likeness (QED) is 0.883. The molecule has 1 aliphatic rings. The van der Waals surface area contributed by atoms with Crippen molar-refractivity contribution < 1.29 is 4.79 Å². The number of pyridine rings is 1. The number of aromatic amines is 1. The topological polar surface area (TPSA) is 73.9 Å². The monoisotopic (exact) mass is 299 g/mol. The van der Waals surface area contributed by atoms with Crippen LogP contribution in [0.1, 0.15) is 29.8 Å². The van der Waals surface area contributed by atoms with E-state index in [0.29, 0.717) is 11.6 Å². The highest BCUT2D eigenvalue weighted by molar-refractivity contribution is 5.92. The summed E-state index contributed by atoms with van der Waals surface area (Å²) in [6.45, 7) is 2.87. The normalized spacial score (nSPS) is 15.7. The van der Waals surface area contributed by atoms with E-state index >= 15 is 0 Å². The molecule has 0 unspecified atom stereocenters. The molecule has 6 heteroatoms. The largest absolute Gasteiger partial charge is 0.371 e. The van der Waals surface area contributed by atoms with Crippen LogP contribution in [0.25, 0.3) is 0 Å². The molecule has 0 aromatic carbocycles. The summed E-state index contributed by atoms with van der Waals surface area (Å²) in [7, 11) is 0. The number of rotatable bonds is 5. The molecule has 2 aromatic heterocycles. The van der Waals surface area contributed by atoms with Crippen molar-refractivity contribution in [1.29, 1.82) is 0 Å². The van der Waals surface area contributed by atoms with Crippen LogP contribution in [0.5, 0.6) is 0 Å². The molecule has 3 heterocycles. The van der Waals surface area contributed by atoms with Crippen LogP contribution in [-0.2, 0) is 0 Å². The Labute approximate surface area is 129 Å². The lowest BCUT2D eigenvalue weighted by Crippen LogP contribution is -2.35. The number of carbonyl (C=O) groups excluding carboxylic acids is 1. The van der Waals surface area contributed by atoms with Crippen LogP contribution in [0, 0.1) is 5.92 Å². The Bertz CT molecular complexity index is 576. The highest BCUT2D eigenvalue weighted by Crippen LogP contribution is 2.24. The maximum Gasteiger partial charge on any atom is 0.269 e. The molecule has 116 valence electrons. The molecule has 0 aliphatic carbocycles. The van der Waals surface area contributed by atoms with Gasteiger partial charge in [-0.05, 0) is 43.4 Å². The number of H-pyrrole nitrogens is 1. The van der Waals surface area contributed by atoms with Crippen LogP contribution in [0.2, 0.25) is 0 Å². The van der Waals surface area contributed by atoms with Gasteiger partial charge in [0.2, 0.25) is 0 Å². The first kappa shape index (κ1) is 14.6. The van der Waals surface area contributed by atoms with E-state index in [1.165, 1.54) is 18.5 Å². The molecule has 0 bridgehead atoms. The van der Waals surface area contributed by atoms with E-state index in [1.807, 2.05) is 12.4 Å². The Balaban J connectivity index is 1.38. The first-order chi connectivity index (χ1) is 10.8. The van der Waals surface area contributed by atoms with Gasteiger partial charge in [-0.1, -0.05) is 0 Å². The summed E-state index contributed by atoms with van der Waals surface area (Å²) in [5.41, 5.74) is 1.77. The Kier molecular flexibility index (Phi) is 4.68. The fraction of sp³-hybridized carbons (Fsp3) is 0.438. The lowest BCUT2D eigenvalue weighted by molar-refractivity contribution is 0.0945. The fourth-order valence-corrected chi connectivity index (χ4v) is 2.90. The molecule has 2 aromatic rings. The molecule has 1 aliphatic heterocycles. The Hall–Kier alpha value is -2.37. The predicted octanol–water partition coefficient (Wildman–Crippen LogP) is 1.84. The molecular formula is C16H21N5O. The third kappa shape index (κ3) is 3.63. The molecule has 0 saturated carbocycles. The highest BCUT2D eigenvalue weighted by atomic mass is 16.1. The van der Waals surface area contributed by atoms with Gasteiger partial charge in [0.1, 0.15) is 5.69 Å². The van der Waals surface area contributed by atoms with Gasteiger partial charge in [0.25, 0.3) is 5.91 Å². The third-order valence-electron chi connectivity index (χ3n) is 4.23. The zero-order valence-electron chi connectivity index (χ0n) is 12.5. The van der Waals surface area contributed by atoms with E-state index < -0.39 is 0 Å². The Morgan fingerprint density at radius 1 is 1.23 bits per heavy atom. The molecule has 6 nitrogen and oxygen atoms in total. The molecule has 2 N–H and O–H groups in total. The number of nitrogens with one attached hydrogen (secondary N) is 2. The minimum absolute atomic E-state index is 0.0771. The van der Waals surface area contributed by atoms with Crippen LogP contribution in [0.4, 0.5) is 5.69 Å². The van der Waals surface area contributed by atoms with Crippen molar-refractivity contribution in [3.63, 3.8) is 0 Å². The van der Waals surface area contributed by atoms with E-state index in [2.05, 4.69) is 37.5 Å². The minimum Gasteiger partial charge on any atom is -0.371 e. The first-order valence-corrected chi connectivity index (χ1v) is 7.75. The third-order valence-corrected chi connectivity index (χ3v) is 4.23. The molecule has 1 fully saturated rings. The number of hydrogen-bond donors (Lipinski definition) is 2. The zero-order valence-corrected chi connectivity index (χ0v) is 12.5. The summed E-state index contributed by atoms with van der Waals surface area (Å²) in [5.74, 6) is 0.604. The Morgan fingerprint density at radius 2 is 2.00 bits per heavy atom. The van der Waals surface area contributed by atoms with E-state index in [9.17, 15) is 4.79 Å². The number of anilines is 1. The lowest BCUT2D eigenvalue weighted by atomic mass is 9.93. The van der Waals surface area contributed by atoms with Crippen molar-refractivity contribution >= 4 is 11.6 Å². The van der Waals surface area contributed by atoms with Crippen molar-refractivity contribution in [2.24, 2.45) is 5.92 Å². The van der Waals surface area contributed by atoms with E-state index in [4.69, 9.17) is 0 Å². The number of nitrogens with zero attached hydrogens (tertiary/aromatic N) is 3. The van der Waals surface area contributed by atoms with Gasteiger partial charge in [-0.15, -0.1) is 0 Å². The van der Waals surface area contributed by atoms with Crippen molar-refractivity contribution in [2.45, 2.75) is 19.3 Å². The van der Waals surface area contributed by atoms with E-state index in [1.54, 1.807) is 12.3 Å². The van der Waals surface area contributed by atoms with Gasteiger partial charge in [-0.2, -0.15) is 5.10 Å². The van der Waals surface area contributed by atoms with Gasteiger partial charge in [-0.25, -0.2) is 0 Å². The molecule has 0 spiro atoms. The molecule has 1 amide bonds. The first-order valence-electron chi connectivity index (χ1n) is 7.75. The summed E-state index contributed by atoms with van der Waals surface area (Å²) in [4.78, 5) is 18.3. The maximum atomic E-state index is 11.8. The molecular weight excluding hydrogens is 278 g/mol. The van der Waals surface area contributed by atoms with E-state index in [-0.39, 0.29) is 5.91 Å². The second-order valence-electron chi connectivity index (χ2n) is 5.65. The second kappa shape index (κ2) is 7.06. The SMILES string of the molecule is O=C(NCCC1CCN(c2ccncc2)CC1)c1ccn[nH]1. The molecule has 0 atom stereocenters. The van der Waals surface area contributed by atoms with Crippen LogP contribution >= 0.6 is 0 Å². The van der Waals surface area contributed by atoms with Crippen LogP contribution in [-0.4, -0.2) is 40.7 Å². The summed E-state index contributed by atoms with van der Waals surface area (Å²) in [5, 5.41) is 9.40. The maximum absolute atomic E-state index is 11.8. The average molecular weight is 299 g/mol. The Morgan fingerprint density at radius 3 is 2.68 bits per heavy atom. The van der Waals surface area contributed by atoms with Crippen molar-refractivity contribution in [2.75, 3.05) is 24.5 Å². The minimum atomic E-state index is -0.0771. The smallest absolute Gasteiger partial charge is 0.269 e. The molecule has 3 rings (SSSR count). The number of piperidine rings is 1. The van der Waals surface area contributed by atoms with Gasteiger partial charge < -0.3 is 10.2 Å². The van der Waals surface area contributed by atoms with Gasteiger partial charge in [0, 0.05) is 43.9 Å². The number of carbonyl (C=O) groups is 1.